The third-order valence-corrected chi connectivity index (χ3v) is 6.61. The number of hydrogen-bond donors (Lipinski definition) is 0. The SMILES string of the molecule is C1=Cc2c(c3ccccc3n2-c2cccc(-n3c4ccccc4c4ccccc43)n2)CC1. The molecule has 0 saturated heterocycles. The van der Waals surface area contributed by atoms with Gasteiger partial charge in [-0.3, -0.25) is 9.13 Å². The number of rotatable bonds is 2. The fourth-order valence-corrected chi connectivity index (χ4v) is 5.26. The molecule has 0 spiro atoms. The fraction of sp³-hybridized carbons (Fsp3) is 0.0690. The Balaban J connectivity index is 1.53. The molecule has 0 saturated carbocycles. The maximum Gasteiger partial charge on any atom is 0.140 e. The minimum atomic E-state index is 0.936. The van der Waals surface area contributed by atoms with Gasteiger partial charge in [0.1, 0.15) is 11.6 Å². The maximum absolute atomic E-state index is 5.21. The second kappa shape index (κ2) is 6.69. The van der Waals surface area contributed by atoms with Gasteiger partial charge in [-0.1, -0.05) is 66.7 Å². The summed E-state index contributed by atoms with van der Waals surface area (Å²) in [4.78, 5) is 5.21. The van der Waals surface area contributed by atoms with Crippen LogP contribution < -0.4 is 0 Å². The summed E-state index contributed by atoms with van der Waals surface area (Å²) in [6, 6.07) is 32.2. The van der Waals surface area contributed by atoms with E-state index in [9.17, 15) is 0 Å². The number of para-hydroxylation sites is 3. The van der Waals surface area contributed by atoms with Gasteiger partial charge in [-0.15, -0.1) is 0 Å². The Morgan fingerprint density at radius 1 is 0.562 bits per heavy atom. The number of hydrogen-bond acceptors (Lipinski definition) is 1. The van der Waals surface area contributed by atoms with Gasteiger partial charge in [0, 0.05) is 16.2 Å². The zero-order chi connectivity index (χ0) is 21.1. The third-order valence-electron chi connectivity index (χ3n) is 6.61. The van der Waals surface area contributed by atoms with Crippen LogP contribution in [0.2, 0.25) is 0 Å². The number of nitrogens with zero attached hydrogens (tertiary/aromatic N) is 3. The maximum atomic E-state index is 5.21. The molecule has 152 valence electrons. The van der Waals surface area contributed by atoms with E-state index in [4.69, 9.17) is 4.98 Å². The summed E-state index contributed by atoms with van der Waals surface area (Å²) in [5, 5.41) is 3.83. The minimum Gasteiger partial charge on any atom is -0.294 e. The summed E-state index contributed by atoms with van der Waals surface area (Å²) in [5.74, 6) is 1.89. The molecule has 0 N–H and O–H groups in total. The van der Waals surface area contributed by atoms with E-state index in [0.717, 1.165) is 24.5 Å². The summed E-state index contributed by atoms with van der Waals surface area (Å²) in [6.45, 7) is 0. The minimum absolute atomic E-state index is 0.936. The van der Waals surface area contributed by atoms with E-state index in [1.807, 2.05) is 0 Å². The van der Waals surface area contributed by atoms with Crippen molar-refractivity contribution in [2.24, 2.45) is 0 Å². The number of aryl methyl sites for hydroxylation is 1. The van der Waals surface area contributed by atoms with Gasteiger partial charge in [0.25, 0.3) is 0 Å². The molecular weight excluding hydrogens is 390 g/mol. The van der Waals surface area contributed by atoms with E-state index in [1.54, 1.807) is 0 Å². The molecule has 32 heavy (non-hydrogen) atoms. The number of pyridine rings is 1. The first-order valence-corrected chi connectivity index (χ1v) is 11.1. The lowest BCUT2D eigenvalue weighted by Crippen LogP contribution is -2.05. The normalized spacial score (nSPS) is 13.2. The van der Waals surface area contributed by atoms with E-state index in [0.29, 0.717) is 0 Å². The lowest BCUT2D eigenvalue weighted by Gasteiger charge is -2.13. The molecule has 1 aliphatic carbocycles. The summed E-state index contributed by atoms with van der Waals surface area (Å²) < 4.78 is 4.60. The number of aromatic nitrogens is 3. The Labute approximate surface area is 185 Å². The van der Waals surface area contributed by atoms with Crippen LogP contribution in [-0.2, 0) is 6.42 Å². The number of allylic oxidation sites excluding steroid dienone is 1. The van der Waals surface area contributed by atoms with Crippen LogP contribution in [-0.4, -0.2) is 14.1 Å². The molecule has 0 aliphatic heterocycles. The fourth-order valence-electron chi connectivity index (χ4n) is 5.26. The Morgan fingerprint density at radius 3 is 1.81 bits per heavy atom. The van der Waals surface area contributed by atoms with Crippen molar-refractivity contribution in [1.82, 2.24) is 14.1 Å². The van der Waals surface area contributed by atoms with Crippen molar-refractivity contribution >= 4 is 38.8 Å². The van der Waals surface area contributed by atoms with E-state index in [1.165, 1.54) is 44.0 Å². The van der Waals surface area contributed by atoms with E-state index in [2.05, 4.69) is 112 Å². The summed E-state index contributed by atoms with van der Waals surface area (Å²) in [7, 11) is 0. The van der Waals surface area contributed by atoms with Gasteiger partial charge in [0.2, 0.25) is 0 Å². The summed E-state index contributed by atoms with van der Waals surface area (Å²) >= 11 is 0. The molecule has 3 aromatic heterocycles. The van der Waals surface area contributed by atoms with Crippen molar-refractivity contribution in [2.75, 3.05) is 0 Å². The van der Waals surface area contributed by atoms with Crippen molar-refractivity contribution in [3.8, 4) is 11.6 Å². The molecule has 6 aromatic rings. The van der Waals surface area contributed by atoms with Crippen LogP contribution in [0.4, 0.5) is 0 Å². The predicted octanol–water partition coefficient (Wildman–Crippen LogP) is 7.08. The molecule has 0 bridgehead atoms. The van der Waals surface area contributed by atoms with Gasteiger partial charge in [-0.2, -0.15) is 0 Å². The van der Waals surface area contributed by atoms with Crippen molar-refractivity contribution < 1.29 is 0 Å². The van der Waals surface area contributed by atoms with Crippen LogP contribution in [0.25, 0.3) is 50.4 Å². The Kier molecular flexibility index (Phi) is 3.67. The molecule has 3 aromatic carbocycles. The highest BCUT2D eigenvalue weighted by Gasteiger charge is 2.19. The Bertz CT molecular complexity index is 1630. The van der Waals surface area contributed by atoms with Crippen LogP contribution in [0.5, 0.6) is 0 Å². The second-order valence-corrected chi connectivity index (χ2v) is 8.38. The summed E-state index contributed by atoms with van der Waals surface area (Å²) in [6.07, 6.45) is 6.70. The summed E-state index contributed by atoms with van der Waals surface area (Å²) in [5.41, 5.74) is 6.25. The van der Waals surface area contributed by atoms with E-state index >= 15 is 0 Å². The van der Waals surface area contributed by atoms with Gasteiger partial charge in [-0.25, -0.2) is 4.98 Å². The van der Waals surface area contributed by atoms with E-state index in [-0.39, 0.29) is 0 Å². The van der Waals surface area contributed by atoms with Gasteiger partial charge in [0.15, 0.2) is 0 Å². The Morgan fingerprint density at radius 2 is 1.12 bits per heavy atom. The van der Waals surface area contributed by atoms with Gasteiger partial charge in [0.05, 0.1) is 22.2 Å². The van der Waals surface area contributed by atoms with Gasteiger partial charge >= 0.3 is 0 Å². The average molecular weight is 412 g/mol. The van der Waals surface area contributed by atoms with Crippen LogP contribution in [0.3, 0.4) is 0 Å². The highest BCUT2D eigenvalue weighted by molar-refractivity contribution is 6.09. The second-order valence-electron chi connectivity index (χ2n) is 8.38. The van der Waals surface area contributed by atoms with Gasteiger partial charge < -0.3 is 0 Å². The molecule has 7 rings (SSSR count). The van der Waals surface area contributed by atoms with Crippen molar-refractivity contribution in [2.45, 2.75) is 12.8 Å². The number of benzene rings is 3. The van der Waals surface area contributed by atoms with Crippen molar-refractivity contribution in [3.63, 3.8) is 0 Å². The quantitative estimate of drug-likeness (QED) is 0.298. The zero-order valence-corrected chi connectivity index (χ0v) is 17.6. The van der Waals surface area contributed by atoms with Crippen molar-refractivity contribution in [1.29, 1.82) is 0 Å². The first-order valence-electron chi connectivity index (χ1n) is 11.1. The van der Waals surface area contributed by atoms with Crippen molar-refractivity contribution in [3.05, 3.63) is 108 Å². The lowest BCUT2D eigenvalue weighted by molar-refractivity contribution is 0.941. The molecule has 3 heteroatoms. The molecule has 3 heterocycles. The van der Waals surface area contributed by atoms with Crippen LogP contribution in [0.1, 0.15) is 17.7 Å². The Hall–Kier alpha value is -4.11. The molecule has 0 atom stereocenters. The molecule has 1 aliphatic rings. The molecule has 0 fully saturated rings. The van der Waals surface area contributed by atoms with Crippen LogP contribution >= 0.6 is 0 Å². The average Bonchev–Trinajstić information content (AvgIpc) is 3.37. The molecule has 3 nitrogen and oxygen atoms in total. The monoisotopic (exact) mass is 411 g/mol. The third kappa shape index (κ3) is 2.39. The molecular formula is C29H21N3. The van der Waals surface area contributed by atoms with Crippen LogP contribution in [0, 0.1) is 0 Å². The molecule has 0 radical (unpaired) electrons. The standard InChI is InChI=1S/C29H21N3/c1-5-14-24-20(10-1)21-11-2-6-15-25(21)31(24)28-18-9-19-29(30-28)32-26-16-7-3-12-22(26)23-13-4-8-17-27(23)32/h1-3,5-12,14-19H,4,13H2. The van der Waals surface area contributed by atoms with Gasteiger partial charge in [-0.05, 0) is 54.8 Å². The highest BCUT2D eigenvalue weighted by atomic mass is 15.1. The largest absolute Gasteiger partial charge is 0.294 e. The zero-order valence-electron chi connectivity index (χ0n) is 17.6. The van der Waals surface area contributed by atoms with Crippen LogP contribution in [0.15, 0.2) is 97.1 Å². The molecule has 0 unspecified atom stereocenters. The topological polar surface area (TPSA) is 22.8 Å². The van der Waals surface area contributed by atoms with E-state index < -0.39 is 0 Å². The first-order chi connectivity index (χ1) is 15.9. The lowest BCUT2D eigenvalue weighted by atomic mass is 10.0. The smallest absolute Gasteiger partial charge is 0.140 e. The number of fused-ring (bicyclic) bond motifs is 6. The first kappa shape index (κ1) is 17.6. The highest BCUT2D eigenvalue weighted by Crippen LogP contribution is 2.35. The molecule has 0 amide bonds. The predicted molar refractivity (Wildman–Crippen MR) is 133 cm³/mol.